The molecule has 1 heterocycles. The van der Waals surface area contributed by atoms with Gasteiger partial charge in [0.05, 0.1) is 13.0 Å². The number of nitrogens with two attached hydrogens (primary N) is 1. The number of anilines is 1. The third-order valence-electron chi connectivity index (χ3n) is 2.70. The van der Waals surface area contributed by atoms with E-state index >= 15 is 0 Å². The number of hydrogen-bond donors (Lipinski definition) is 2. The number of nitrogens with zero attached hydrogens (tertiary/aromatic N) is 1. The minimum Gasteiger partial charge on any atom is -0.399 e. The van der Waals surface area contributed by atoms with Crippen molar-refractivity contribution in [3.63, 3.8) is 0 Å². The van der Waals surface area contributed by atoms with Crippen LogP contribution in [0.5, 0.6) is 0 Å². The number of nitrogens with one attached hydrogen (secondary N) is 1. The van der Waals surface area contributed by atoms with Crippen molar-refractivity contribution in [3.05, 3.63) is 45.9 Å². The highest BCUT2D eigenvalue weighted by Crippen LogP contribution is 2.13. The van der Waals surface area contributed by atoms with Gasteiger partial charge in [0, 0.05) is 16.8 Å². The molecule has 0 aliphatic heterocycles. The van der Waals surface area contributed by atoms with Crippen molar-refractivity contribution in [2.24, 2.45) is 0 Å². The van der Waals surface area contributed by atoms with E-state index < -0.39 is 0 Å². The fourth-order valence-corrected chi connectivity index (χ4v) is 2.52. The third-order valence-corrected chi connectivity index (χ3v) is 3.84. The summed E-state index contributed by atoms with van der Waals surface area (Å²) in [6, 6.07) is 7.38. The Hall–Kier alpha value is -1.88. The maximum atomic E-state index is 11.8. The van der Waals surface area contributed by atoms with Gasteiger partial charge in [-0.3, -0.25) is 4.79 Å². The van der Waals surface area contributed by atoms with Gasteiger partial charge in [-0.25, -0.2) is 4.98 Å². The summed E-state index contributed by atoms with van der Waals surface area (Å²) in [7, 11) is 0. The van der Waals surface area contributed by atoms with Gasteiger partial charge in [0.25, 0.3) is 0 Å². The predicted molar refractivity (Wildman–Crippen MR) is 77.9 cm³/mol. The quantitative estimate of drug-likeness (QED) is 0.822. The summed E-state index contributed by atoms with van der Waals surface area (Å²) < 4.78 is 0. The van der Waals surface area contributed by atoms with Crippen molar-refractivity contribution in [2.45, 2.75) is 26.3 Å². The molecule has 0 atom stereocenters. The molecule has 1 amide bonds. The van der Waals surface area contributed by atoms with Gasteiger partial charge < -0.3 is 11.1 Å². The summed E-state index contributed by atoms with van der Waals surface area (Å²) in [4.78, 5) is 17.3. The molecule has 2 rings (SSSR count). The van der Waals surface area contributed by atoms with Crippen LogP contribution < -0.4 is 11.1 Å². The second-order valence-electron chi connectivity index (χ2n) is 4.27. The summed E-state index contributed by atoms with van der Waals surface area (Å²) in [5, 5.41) is 3.81. The first-order chi connectivity index (χ1) is 9.17. The number of rotatable bonds is 5. The van der Waals surface area contributed by atoms with Gasteiger partial charge in [0.15, 0.2) is 0 Å². The molecule has 0 unspecified atom stereocenters. The average Bonchev–Trinajstić information content (AvgIpc) is 2.84. The van der Waals surface area contributed by atoms with Crippen LogP contribution in [0.1, 0.15) is 22.4 Å². The van der Waals surface area contributed by atoms with E-state index in [1.54, 1.807) is 11.3 Å². The van der Waals surface area contributed by atoms with E-state index in [1.165, 1.54) is 4.88 Å². The highest BCUT2D eigenvalue weighted by Gasteiger charge is 2.05. The molecule has 0 spiro atoms. The number of aryl methyl sites for hydroxylation is 1. The molecule has 0 fully saturated rings. The number of hydrogen-bond acceptors (Lipinski definition) is 4. The third kappa shape index (κ3) is 4.06. The monoisotopic (exact) mass is 275 g/mol. The van der Waals surface area contributed by atoms with Crippen molar-refractivity contribution in [2.75, 3.05) is 5.73 Å². The lowest BCUT2D eigenvalue weighted by Gasteiger charge is -2.04. The zero-order valence-corrected chi connectivity index (χ0v) is 11.7. The molecule has 19 heavy (non-hydrogen) atoms. The van der Waals surface area contributed by atoms with Crippen LogP contribution in [-0.2, 0) is 24.2 Å². The zero-order chi connectivity index (χ0) is 13.7. The smallest absolute Gasteiger partial charge is 0.224 e. The maximum absolute atomic E-state index is 11.8. The Balaban J connectivity index is 1.84. The van der Waals surface area contributed by atoms with Gasteiger partial charge in [0.1, 0.15) is 5.01 Å². The van der Waals surface area contributed by atoms with Crippen LogP contribution in [0, 0.1) is 0 Å². The number of benzene rings is 1. The topological polar surface area (TPSA) is 68.0 Å². The lowest BCUT2D eigenvalue weighted by Crippen LogP contribution is -2.24. The van der Waals surface area contributed by atoms with Crippen LogP contribution in [0.25, 0.3) is 0 Å². The molecule has 4 nitrogen and oxygen atoms in total. The average molecular weight is 275 g/mol. The van der Waals surface area contributed by atoms with E-state index in [1.807, 2.05) is 30.5 Å². The Morgan fingerprint density at radius 1 is 1.47 bits per heavy atom. The maximum Gasteiger partial charge on any atom is 0.224 e. The molecule has 2 aromatic rings. The molecular formula is C14H17N3OS. The van der Waals surface area contributed by atoms with E-state index in [-0.39, 0.29) is 5.91 Å². The number of amides is 1. The second kappa shape index (κ2) is 6.33. The summed E-state index contributed by atoms with van der Waals surface area (Å²) in [6.45, 7) is 2.58. The van der Waals surface area contributed by atoms with E-state index in [0.29, 0.717) is 18.7 Å². The highest BCUT2D eigenvalue weighted by molar-refractivity contribution is 7.11. The van der Waals surface area contributed by atoms with Gasteiger partial charge in [0.2, 0.25) is 5.91 Å². The van der Waals surface area contributed by atoms with Crippen LogP contribution in [0.2, 0.25) is 0 Å². The van der Waals surface area contributed by atoms with Gasteiger partial charge in [-0.2, -0.15) is 0 Å². The fraction of sp³-hybridized carbons (Fsp3) is 0.286. The first kappa shape index (κ1) is 13.5. The minimum absolute atomic E-state index is 0.0150. The predicted octanol–water partition coefficient (Wildman–Crippen LogP) is 2.15. The van der Waals surface area contributed by atoms with Crippen molar-refractivity contribution in [1.29, 1.82) is 0 Å². The molecule has 1 aromatic heterocycles. The molecule has 3 N–H and O–H groups in total. The zero-order valence-electron chi connectivity index (χ0n) is 10.8. The molecule has 100 valence electrons. The fourth-order valence-electron chi connectivity index (χ4n) is 1.72. The lowest BCUT2D eigenvalue weighted by molar-refractivity contribution is -0.120. The van der Waals surface area contributed by atoms with Gasteiger partial charge >= 0.3 is 0 Å². The van der Waals surface area contributed by atoms with Crippen LogP contribution >= 0.6 is 11.3 Å². The molecule has 0 bridgehead atoms. The van der Waals surface area contributed by atoms with Crippen molar-refractivity contribution >= 4 is 22.9 Å². The van der Waals surface area contributed by atoms with Crippen molar-refractivity contribution in [3.8, 4) is 0 Å². The number of nitrogen functional groups attached to an aromatic ring is 1. The largest absolute Gasteiger partial charge is 0.399 e. The summed E-state index contributed by atoms with van der Waals surface area (Å²) in [5.41, 5.74) is 7.28. The number of carbonyl (C=O) groups excluding carboxylic acids is 1. The standard InChI is InChI=1S/C14H17N3OS/c1-2-12-8-17-14(19-12)9-16-13(18)7-10-4-3-5-11(15)6-10/h3-6,8H,2,7,9,15H2,1H3,(H,16,18). The molecule has 0 aliphatic rings. The Labute approximate surface area is 116 Å². The Morgan fingerprint density at radius 3 is 3.00 bits per heavy atom. The summed E-state index contributed by atoms with van der Waals surface area (Å²) in [6.07, 6.45) is 3.19. The Morgan fingerprint density at radius 2 is 2.32 bits per heavy atom. The molecule has 0 aliphatic carbocycles. The molecule has 0 saturated carbocycles. The summed E-state index contributed by atoms with van der Waals surface area (Å²) in [5.74, 6) is -0.0150. The van der Waals surface area contributed by atoms with E-state index in [4.69, 9.17) is 5.73 Å². The molecule has 1 aromatic carbocycles. The Kier molecular flexibility index (Phi) is 4.52. The van der Waals surface area contributed by atoms with Gasteiger partial charge in [-0.15, -0.1) is 11.3 Å². The molecule has 0 radical (unpaired) electrons. The van der Waals surface area contributed by atoms with Crippen LogP contribution in [0.4, 0.5) is 5.69 Å². The van der Waals surface area contributed by atoms with E-state index in [0.717, 1.165) is 17.0 Å². The number of thiazole rings is 1. The summed E-state index contributed by atoms with van der Waals surface area (Å²) >= 11 is 1.64. The first-order valence-corrected chi connectivity index (χ1v) is 7.03. The molecular weight excluding hydrogens is 258 g/mol. The van der Waals surface area contributed by atoms with Crippen molar-refractivity contribution < 1.29 is 4.79 Å². The lowest BCUT2D eigenvalue weighted by atomic mass is 10.1. The number of aromatic nitrogens is 1. The number of carbonyl (C=O) groups is 1. The molecule has 0 saturated heterocycles. The second-order valence-corrected chi connectivity index (χ2v) is 5.47. The molecule has 5 heteroatoms. The highest BCUT2D eigenvalue weighted by atomic mass is 32.1. The van der Waals surface area contributed by atoms with Crippen LogP contribution in [0.15, 0.2) is 30.5 Å². The first-order valence-electron chi connectivity index (χ1n) is 6.22. The van der Waals surface area contributed by atoms with E-state index in [2.05, 4.69) is 17.2 Å². The minimum atomic E-state index is -0.0150. The van der Waals surface area contributed by atoms with Crippen LogP contribution in [0.3, 0.4) is 0 Å². The van der Waals surface area contributed by atoms with Crippen LogP contribution in [-0.4, -0.2) is 10.9 Å². The van der Waals surface area contributed by atoms with E-state index in [9.17, 15) is 4.79 Å². The Bertz CT molecular complexity index is 565. The van der Waals surface area contributed by atoms with Gasteiger partial charge in [-0.05, 0) is 24.1 Å². The van der Waals surface area contributed by atoms with Crippen molar-refractivity contribution in [1.82, 2.24) is 10.3 Å². The normalized spacial score (nSPS) is 10.4. The SMILES string of the molecule is CCc1cnc(CNC(=O)Cc2cccc(N)c2)s1. The van der Waals surface area contributed by atoms with Gasteiger partial charge in [-0.1, -0.05) is 19.1 Å².